The number of hydrogen-bond acceptors (Lipinski definition) is 8. The number of carbonyl (C=O) groups excluding carboxylic acids is 1. The summed E-state index contributed by atoms with van der Waals surface area (Å²) in [7, 11) is 6.00. The highest BCUT2D eigenvalue weighted by Crippen LogP contribution is 2.46. The molecule has 42 heavy (non-hydrogen) atoms. The fourth-order valence-electron chi connectivity index (χ4n) is 6.66. The molecule has 0 aromatic rings. The minimum absolute atomic E-state index is 0.0154. The molecule has 0 saturated carbocycles. The first-order valence-electron chi connectivity index (χ1n) is 16.5. The summed E-state index contributed by atoms with van der Waals surface area (Å²) in [6.07, 6.45) is 6.03. The van der Waals surface area contributed by atoms with Crippen LogP contribution in [0.1, 0.15) is 115 Å². The minimum atomic E-state index is -0.351. The largest absolute Gasteiger partial charge is 0.462 e. The van der Waals surface area contributed by atoms with E-state index < -0.39 is 0 Å². The molecule has 0 aromatic carbocycles. The van der Waals surface area contributed by atoms with E-state index in [0.29, 0.717) is 23.7 Å². The molecule has 8 heteroatoms. The Kier molecular flexibility index (Phi) is 22.6. The molecular formula is C34H71NO7. The van der Waals surface area contributed by atoms with Crippen molar-refractivity contribution in [3.63, 3.8) is 0 Å². The zero-order valence-corrected chi connectivity index (χ0v) is 30.0. The van der Waals surface area contributed by atoms with Crippen LogP contribution in [0, 0.1) is 29.6 Å². The Balaban J connectivity index is 0. The van der Waals surface area contributed by atoms with Crippen molar-refractivity contribution < 1.29 is 34.3 Å². The number of aliphatic hydroxyl groups is 3. The zero-order chi connectivity index (χ0) is 33.4. The molecule has 0 aromatic heterocycles. The monoisotopic (exact) mass is 606 g/mol. The van der Waals surface area contributed by atoms with Gasteiger partial charge in [0.1, 0.15) is 6.10 Å². The number of aliphatic hydroxyl groups excluding tert-OH is 3. The molecule has 3 N–H and O–H groups in total. The molecule has 0 radical (unpaired) electrons. The number of cyclic esters (lactones) is 1. The highest BCUT2D eigenvalue weighted by atomic mass is 16.6. The van der Waals surface area contributed by atoms with Gasteiger partial charge in [0.25, 0.3) is 0 Å². The molecule has 3 saturated heterocycles. The van der Waals surface area contributed by atoms with Gasteiger partial charge in [-0.25, -0.2) is 0 Å². The van der Waals surface area contributed by atoms with Crippen molar-refractivity contribution in [3.8, 4) is 0 Å². The van der Waals surface area contributed by atoms with Gasteiger partial charge in [-0.3, -0.25) is 4.79 Å². The summed E-state index contributed by atoms with van der Waals surface area (Å²) in [5, 5.41) is 23.8. The number of ether oxygens (including phenoxy) is 3. The normalized spacial score (nSPS) is 38.8. The second-order valence-electron chi connectivity index (χ2n) is 12.9. The predicted octanol–water partition coefficient (Wildman–Crippen LogP) is 5.94. The molecule has 0 amide bonds. The van der Waals surface area contributed by atoms with Gasteiger partial charge in [-0.1, -0.05) is 61.8 Å². The first-order chi connectivity index (χ1) is 19.7. The summed E-state index contributed by atoms with van der Waals surface area (Å²) in [6, 6.07) is 0.240. The number of likely N-dealkylation sites (N-methyl/N-ethyl adjacent to an activating group) is 1. The van der Waals surface area contributed by atoms with Gasteiger partial charge in [-0.15, -0.1) is 0 Å². The lowest BCUT2D eigenvalue weighted by atomic mass is 9.75. The molecule has 2 bridgehead atoms. The second-order valence-corrected chi connectivity index (χ2v) is 12.9. The Morgan fingerprint density at radius 3 is 2.00 bits per heavy atom. The summed E-state index contributed by atoms with van der Waals surface area (Å²) >= 11 is 0. The number of esters is 1. The molecule has 0 aliphatic carbocycles. The number of carbonyl (C=O) groups is 1. The third-order valence-electron chi connectivity index (χ3n) is 9.40. The topological polar surface area (TPSA) is 109 Å². The average Bonchev–Trinajstić information content (AvgIpc) is 3.26. The third kappa shape index (κ3) is 13.1. The first-order valence-corrected chi connectivity index (χ1v) is 16.5. The lowest BCUT2D eigenvalue weighted by Gasteiger charge is -2.40. The Bertz CT molecular complexity index is 693. The van der Waals surface area contributed by atoms with Crippen molar-refractivity contribution in [1.82, 2.24) is 4.90 Å². The summed E-state index contributed by atoms with van der Waals surface area (Å²) in [4.78, 5) is 14.7. The Morgan fingerprint density at radius 2 is 1.50 bits per heavy atom. The maximum atomic E-state index is 12.6. The summed E-state index contributed by atoms with van der Waals surface area (Å²) in [5.41, 5.74) is -0.0743. The van der Waals surface area contributed by atoms with Crippen LogP contribution in [0.3, 0.4) is 0 Å². The van der Waals surface area contributed by atoms with Crippen LogP contribution in [-0.2, 0) is 19.0 Å². The maximum Gasteiger partial charge on any atom is 0.308 e. The summed E-state index contributed by atoms with van der Waals surface area (Å²) < 4.78 is 18.1. The van der Waals surface area contributed by atoms with E-state index in [-0.39, 0.29) is 54.0 Å². The summed E-state index contributed by atoms with van der Waals surface area (Å²) in [6.45, 7) is 23.6. The van der Waals surface area contributed by atoms with Crippen molar-refractivity contribution in [3.05, 3.63) is 0 Å². The van der Waals surface area contributed by atoms with Crippen molar-refractivity contribution in [1.29, 1.82) is 0 Å². The second kappa shape index (κ2) is 21.9. The molecule has 10 unspecified atom stereocenters. The van der Waals surface area contributed by atoms with Gasteiger partial charge in [-0.05, 0) is 84.2 Å². The molecule has 3 aliphatic heterocycles. The molecule has 12 atom stereocenters. The zero-order valence-electron chi connectivity index (χ0n) is 30.0. The van der Waals surface area contributed by atoms with Gasteiger partial charge in [0.05, 0.1) is 35.9 Å². The predicted molar refractivity (Wildman–Crippen MR) is 173 cm³/mol. The van der Waals surface area contributed by atoms with Crippen molar-refractivity contribution >= 4 is 5.97 Å². The van der Waals surface area contributed by atoms with Crippen LogP contribution < -0.4 is 0 Å². The van der Waals surface area contributed by atoms with Gasteiger partial charge in [0.15, 0.2) is 0 Å². The SMILES string of the molecule is CC.CC1CC(N(C)C)C(O)C(C)O1.CCCC(C)C1CC2O[C@@](C)(CC2C)C(C)C(C)C[C@@H](C)C(=O)O1.CO.CO. The van der Waals surface area contributed by atoms with E-state index >= 15 is 0 Å². The molecule has 8 nitrogen and oxygen atoms in total. The van der Waals surface area contributed by atoms with E-state index in [2.05, 4.69) is 53.4 Å². The van der Waals surface area contributed by atoms with Gasteiger partial charge in [-0.2, -0.15) is 0 Å². The van der Waals surface area contributed by atoms with E-state index in [4.69, 9.17) is 24.4 Å². The van der Waals surface area contributed by atoms with E-state index in [1.54, 1.807) is 0 Å². The fourth-order valence-corrected chi connectivity index (χ4v) is 6.66. The van der Waals surface area contributed by atoms with Crippen molar-refractivity contribution in [2.24, 2.45) is 29.6 Å². The smallest absolute Gasteiger partial charge is 0.308 e. The summed E-state index contributed by atoms with van der Waals surface area (Å²) in [5.74, 6) is 1.77. The van der Waals surface area contributed by atoms with Crippen LogP contribution in [0.5, 0.6) is 0 Å². The minimum Gasteiger partial charge on any atom is -0.462 e. The quantitative estimate of drug-likeness (QED) is 0.338. The van der Waals surface area contributed by atoms with E-state index in [9.17, 15) is 9.90 Å². The van der Waals surface area contributed by atoms with Crippen LogP contribution in [0.2, 0.25) is 0 Å². The van der Waals surface area contributed by atoms with Crippen molar-refractivity contribution in [2.45, 2.75) is 157 Å². The molecule has 0 spiro atoms. The molecule has 254 valence electrons. The standard InChI is InChI=1S/C21H38O3.C9H19NO2.C2H6.2CH4O/c1-8-9-13(2)18-11-19-16(5)12-21(7,24-19)17(6)14(3)10-15(4)20(22)23-18;1-6-5-8(10(3)4)9(11)7(2)12-6;3*1-2/h13-19H,8-12H2,1-7H3;6-9,11H,5H2,1-4H3;1-2H3;2*2H,1H3/t13?,14?,15-,16?,17?,18?,19?,21+;;;;/m1..../s1. The number of fused-ring (bicyclic) bond motifs is 2. The van der Waals surface area contributed by atoms with E-state index in [1.807, 2.05) is 41.8 Å². The molecule has 3 rings (SSSR count). The third-order valence-corrected chi connectivity index (χ3v) is 9.40. The van der Waals surface area contributed by atoms with E-state index in [0.717, 1.165) is 52.7 Å². The van der Waals surface area contributed by atoms with Gasteiger partial charge >= 0.3 is 5.97 Å². The van der Waals surface area contributed by atoms with Gasteiger partial charge < -0.3 is 34.4 Å². The number of rotatable bonds is 4. The maximum absolute atomic E-state index is 12.6. The molecular weight excluding hydrogens is 534 g/mol. The van der Waals surface area contributed by atoms with Crippen LogP contribution in [0.25, 0.3) is 0 Å². The average molecular weight is 606 g/mol. The van der Waals surface area contributed by atoms with Crippen LogP contribution >= 0.6 is 0 Å². The Hall–Kier alpha value is -0.770. The lowest BCUT2D eigenvalue weighted by Crippen LogP contribution is -2.52. The van der Waals surface area contributed by atoms with Crippen LogP contribution in [0.15, 0.2) is 0 Å². The van der Waals surface area contributed by atoms with Crippen LogP contribution in [0.4, 0.5) is 0 Å². The molecule has 3 fully saturated rings. The molecule has 3 heterocycles. The number of nitrogens with zero attached hydrogens (tertiary/aromatic N) is 1. The van der Waals surface area contributed by atoms with E-state index in [1.165, 1.54) is 0 Å². The number of hydrogen-bond donors (Lipinski definition) is 3. The first kappa shape index (κ1) is 43.4. The fraction of sp³-hybridized carbons (Fsp3) is 0.971. The van der Waals surface area contributed by atoms with Gasteiger partial charge in [0.2, 0.25) is 0 Å². The molecule has 3 aliphatic rings. The highest BCUT2D eigenvalue weighted by molar-refractivity contribution is 5.72. The lowest BCUT2D eigenvalue weighted by molar-refractivity contribution is -0.159. The van der Waals surface area contributed by atoms with Crippen molar-refractivity contribution in [2.75, 3.05) is 28.3 Å². The Labute approximate surface area is 259 Å². The Morgan fingerprint density at radius 1 is 0.952 bits per heavy atom. The van der Waals surface area contributed by atoms with Crippen LogP contribution in [-0.4, -0.2) is 96.7 Å². The highest BCUT2D eigenvalue weighted by Gasteiger charge is 2.48. The van der Waals surface area contributed by atoms with Gasteiger partial charge in [0, 0.05) is 26.7 Å².